The molecule has 0 aliphatic rings. The number of carbonyl (C=O) groups is 2. The summed E-state index contributed by atoms with van der Waals surface area (Å²) in [7, 11) is 0. The normalized spacial score (nSPS) is 10.2. The van der Waals surface area contributed by atoms with Crippen LogP contribution in [0.2, 0.25) is 0 Å². The van der Waals surface area contributed by atoms with E-state index >= 15 is 0 Å². The molecule has 0 unspecified atom stereocenters. The Labute approximate surface area is 124 Å². The molecule has 0 aromatic rings. The van der Waals surface area contributed by atoms with Crippen molar-refractivity contribution in [3.05, 3.63) is 0 Å². The highest BCUT2D eigenvalue weighted by molar-refractivity contribution is 7.95. The molecule has 0 saturated carbocycles. The average molecular weight is 308 g/mol. The summed E-state index contributed by atoms with van der Waals surface area (Å²) in [6.07, 6.45) is 5.29. The number of hydrogen-bond acceptors (Lipinski definition) is 6. The minimum Gasteiger partial charge on any atom is -0.391 e. The smallest absolute Gasteiger partial charge is 0.317 e. The van der Waals surface area contributed by atoms with Crippen LogP contribution in [0.4, 0.5) is 0 Å². The molecular weight excluding hydrogens is 284 g/mol. The lowest BCUT2D eigenvalue weighted by Crippen LogP contribution is -2.03. The van der Waals surface area contributed by atoms with Crippen molar-refractivity contribution in [3.63, 3.8) is 0 Å². The molecule has 112 valence electrons. The number of hydrogen-bond donors (Lipinski definition) is 0. The molecule has 0 aliphatic heterocycles. The summed E-state index contributed by atoms with van der Waals surface area (Å²) in [6, 6.07) is 0. The summed E-state index contributed by atoms with van der Waals surface area (Å²) >= 11 is 2.39. The second-order valence-electron chi connectivity index (χ2n) is 4.12. The predicted molar refractivity (Wildman–Crippen MR) is 80.8 cm³/mol. The first-order chi connectivity index (χ1) is 9.20. The molecule has 0 N–H and O–H groups in total. The number of carbonyl (C=O) groups excluding carboxylic acids is 2. The molecule has 0 bridgehead atoms. The Hall–Kier alpha value is -0.360. The highest BCUT2D eigenvalue weighted by Gasteiger charge is 2.08. The molecule has 0 spiro atoms. The Morgan fingerprint density at radius 2 is 1.21 bits per heavy atom. The maximum Gasteiger partial charge on any atom is 0.317 e. The van der Waals surface area contributed by atoms with Crippen molar-refractivity contribution in [1.29, 1.82) is 0 Å². The van der Waals surface area contributed by atoms with Gasteiger partial charge in [-0.15, -0.1) is 0 Å². The third kappa shape index (κ3) is 13.9. The Bertz CT molecular complexity index is 223. The first-order valence-electron chi connectivity index (χ1n) is 6.85. The topological polar surface area (TPSA) is 52.6 Å². The second-order valence-corrected chi connectivity index (χ2v) is 5.74. The first kappa shape index (κ1) is 18.6. The molecule has 0 heterocycles. The van der Waals surface area contributed by atoms with Crippen molar-refractivity contribution in [1.82, 2.24) is 0 Å². The minimum atomic E-state index is -0.257. The van der Waals surface area contributed by atoms with Crippen molar-refractivity contribution in [3.8, 4) is 0 Å². The van der Waals surface area contributed by atoms with E-state index < -0.39 is 0 Å². The van der Waals surface area contributed by atoms with E-state index in [1.807, 2.05) is 0 Å². The van der Waals surface area contributed by atoms with E-state index in [-0.39, 0.29) is 24.8 Å². The van der Waals surface area contributed by atoms with Gasteiger partial charge in [0.1, 0.15) is 0 Å². The van der Waals surface area contributed by atoms with E-state index in [4.69, 9.17) is 8.37 Å². The zero-order chi connectivity index (χ0) is 14.3. The van der Waals surface area contributed by atoms with Gasteiger partial charge >= 0.3 is 11.9 Å². The van der Waals surface area contributed by atoms with E-state index in [9.17, 15) is 9.59 Å². The van der Waals surface area contributed by atoms with Crippen LogP contribution < -0.4 is 0 Å². The van der Waals surface area contributed by atoms with Crippen LogP contribution in [0.3, 0.4) is 0 Å². The average Bonchev–Trinajstić information content (AvgIpc) is 2.40. The minimum absolute atomic E-state index is 0.257. The standard InChI is InChI=1S/C13H24O4S2/c1-3-5-10-18-16-12(14)8-7-9-13(15)17-19-11-6-4-2/h3-11H2,1-2H3. The Morgan fingerprint density at radius 3 is 1.58 bits per heavy atom. The van der Waals surface area contributed by atoms with Crippen LogP contribution in [0.5, 0.6) is 0 Å². The lowest BCUT2D eigenvalue weighted by atomic mass is 10.2. The van der Waals surface area contributed by atoms with Crippen molar-refractivity contribution in [2.45, 2.75) is 58.8 Å². The zero-order valence-electron chi connectivity index (χ0n) is 11.8. The van der Waals surface area contributed by atoms with Gasteiger partial charge in [-0.25, -0.2) is 0 Å². The Kier molecular flexibility index (Phi) is 13.8. The number of unbranched alkanes of at least 4 members (excludes halogenated alkanes) is 2. The highest BCUT2D eigenvalue weighted by Crippen LogP contribution is 2.12. The second kappa shape index (κ2) is 14.1. The maximum atomic E-state index is 11.3. The van der Waals surface area contributed by atoms with Crippen LogP contribution in [-0.2, 0) is 18.0 Å². The summed E-state index contributed by atoms with van der Waals surface area (Å²) in [5.41, 5.74) is 0. The molecule has 19 heavy (non-hydrogen) atoms. The van der Waals surface area contributed by atoms with Gasteiger partial charge in [0.05, 0.1) is 24.1 Å². The van der Waals surface area contributed by atoms with E-state index in [0.717, 1.165) is 37.2 Å². The SMILES string of the molecule is CCCCSOC(=O)CCCC(=O)OSCCCC. The predicted octanol–water partition coefficient (Wildman–Crippen LogP) is 4.14. The molecule has 0 amide bonds. The lowest BCUT2D eigenvalue weighted by Gasteiger charge is -2.03. The van der Waals surface area contributed by atoms with E-state index in [1.165, 1.54) is 24.1 Å². The van der Waals surface area contributed by atoms with Gasteiger partial charge in [0, 0.05) is 24.3 Å². The van der Waals surface area contributed by atoms with Gasteiger partial charge in [-0.3, -0.25) is 9.59 Å². The van der Waals surface area contributed by atoms with Crippen LogP contribution in [0, 0.1) is 0 Å². The van der Waals surface area contributed by atoms with Crippen LogP contribution in [0.25, 0.3) is 0 Å². The molecule has 0 atom stereocenters. The van der Waals surface area contributed by atoms with Gasteiger partial charge in [0.2, 0.25) is 0 Å². The molecule has 0 aromatic heterocycles. The van der Waals surface area contributed by atoms with Gasteiger partial charge in [-0.1, -0.05) is 26.7 Å². The van der Waals surface area contributed by atoms with Crippen molar-refractivity contribution < 1.29 is 18.0 Å². The van der Waals surface area contributed by atoms with Crippen LogP contribution in [0.15, 0.2) is 0 Å². The molecule has 0 fully saturated rings. The van der Waals surface area contributed by atoms with E-state index in [0.29, 0.717) is 6.42 Å². The molecule has 0 aromatic carbocycles. The lowest BCUT2D eigenvalue weighted by molar-refractivity contribution is -0.134. The van der Waals surface area contributed by atoms with Crippen LogP contribution in [0.1, 0.15) is 58.8 Å². The van der Waals surface area contributed by atoms with Crippen LogP contribution >= 0.6 is 24.1 Å². The Morgan fingerprint density at radius 1 is 0.789 bits per heavy atom. The fourth-order valence-corrected chi connectivity index (χ4v) is 2.49. The zero-order valence-corrected chi connectivity index (χ0v) is 13.4. The summed E-state index contributed by atoms with van der Waals surface area (Å²) < 4.78 is 9.92. The highest BCUT2D eigenvalue weighted by atomic mass is 32.2. The monoisotopic (exact) mass is 308 g/mol. The summed E-state index contributed by atoms with van der Waals surface area (Å²) in [4.78, 5) is 22.6. The summed E-state index contributed by atoms with van der Waals surface area (Å²) in [6.45, 7) is 4.18. The first-order valence-corrected chi connectivity index (χ1v) is 8.67. The van der Waals surface area contributed by atoms with Crippen molar-refractivity contribution in [2.24, 2.45) is 0 Å². The van der Waals surface area contributed by atoms with Gasteiger partial charge in [-0.05, 0) is 19.3 Å². The molecule has 6 heteroatoms. The van der Waals surface area contributed by atoms with Gasteiger partial charge in [0.15, 0.2) is 0 Å². The van der Waals surface area contributed by atoms with Gasteiger partial charge in [-0.2, -0.15) is 0 Å². The third-order valence-electron chi connectivity index (χ3n) is 2.23. The van der Waals surface area contributed by atoms with Gasteiger partial charge < -0.3 is 8.37 Å². The number of rotatable bonds is 12. The quantitative estimate of drug-likeness (QED) is 0.399. The molecule has 4 nitrogen and oxygen atoms in total. The summed E-state index contributed by atoms with van der Waals surface area (Å²) in [5.74, 6) is 1.15. The molecule has 0 saturated heterocycles. The van der Waals surface area contributed by atoms with Crippen molar-refractivity contribution in [2.75, 3.05) is 11.5 Å². The maximum absolute atomic E-state index is 11.3. The van der Waals surface area contributed by atoms with Crippen molar-refractivity contribution >= 4 is 36.0 Å². The fraction of sp³-hybridized carbons (Fsp3) is 0.846. The van der Waals surface area contributed by atoms with Crippen LogP contribution in [-0.4, -0.2) is 23.4 Å². The third-order valence-corrected chi connectivity index (χ3v) is 3.75. The Balaban J connectivity index is 3.35. The molecular formula is C13H24O4S2. The van der Waals surface area contributed by atoms with Gasteiger partial charge in [0.25, 0.3) is 0 Å². The molecule has 0 radical (unpaired) electrons. The van der Waals surface area contributed by atoms with E-state index in [1.54, 1.807) is 0 Å². The molecule has 0 rings (SSSR count). The molecule has 0 aliphatic carbocycles. The summed E-state index contributed by atoms with van der Waals surface area (Å²) in [5, 5.41) is 0. The fourth-order valence-electron chi connectivity index (χ4n) is 1.08. The largest absolute Gasteiger partial charge is 0.391 e. The van der Waals surface area contributed by atoms with E-state index in [2.05, 4.69) is 13.8 Å².